The Morgan fingerprint density at radius 3 is 2.17 bits per heavy atom. The normalized spacial score (nSPS) is 13.2. The minimum atomic E-state index is -4.26. The molecule has 1 atom stereocenters. The van der Waals surface area contributed by atoms with Crippen molar-refractivity contribution < 1.29 is 13.2 Å². The third-order valence-corrected chi connectivity index (χ3v) is 2.64. The van der Waals surface area contributed by atoms with Crippen molar-refractivity contribution in [3.8, 4) is 0 Å². The number of hydrogen-bond acceptors (Lipinski definition) is 1. The average molecular weight is 257 g/mol. The lowest BCUT2D eigenvalue weighted by atomic mass is 10.0. The molecule has 0 heterocycles. The molecule has 4 heteroatoms. The highest BCUT2D eigenvalue weighted by Crippen LogP contribution is 2.29. The predicted molar refractivity (Wildman–Crippen MR) is 67.4 cm³/mol. The van der Waals surface area contributed by atoms with Crippen LogP contribution in [0.25, 0.3) is 0 Å². The first-order chi connectivity index (χ1) is 8.32. The van der Waals surface area contributed by atoms with E-state index in [9.17, 15) is 13.2 Å². The zero-order valence-corrected chi connectivity index (χ0v) is 10.8. The molecule has 0 saturated heterocycles. The number of halogens is 3. The minimum absolute atomic E-state index is 0.145. The number of hydrogen-bond donors (Lipinski definition) is 1. The van der Waals surface area contributed by atoms with Gasteiger partial charge in [-0.05, 0) is 45.0 Å². The van der Waals surface area contributed by atoms with Crippen molar-refractivity contribution in [2.75, 3.05) is 7.05 Å². The van der Waals surface area contributed by atoms with E-state index in [0.717, 1.165) is 17.7 Å². The summed E-state index contributed by atoms with van der Waals surface area (Å²) in [5.74, 6) is 0. The van der Waals surface area contributed by atoms with Crippen LogP contribution in [0.2, 0.25) is 0 Å². The van der Waals surface area contributed by atoms with Crippen molar-refractivity contribution in [1.29, 1.82) is 0 Å². The summed E-state index contributed by atoms with van der Waals surface area (Å²) >= 11 is 0. The van der Waals surface area contributed by atoms with E-state index in [1.807, 2.05) is 20.9 Å². The molecule has 0 spiro atoms. The smallest absolute Gasteiger partial charge is 0.313 e. The van der Waals surface area contributed by atoms with Gasteiger partial charge in [0, 0.05) is 6.04 Å². The van der Waals surface area contributed by atoms with Crippen molar-refractivity contribution in [3.63, 3.8) is 0 Å². The Morgan fingerprint density at radius 2 is 1.78 bits per heavy atom. The summed E-state index contributed by atoms with van der Waals surface area (Å²) in [4.78, 5) is 0. The van der Waals surface area contributed by atoms with Gasteiger partial charge in [0.1, 0.15) is 0 Å². The van der Waals surface area contributed by atoms with Crippen LogP contribution in [0.3, 0.4) is 0 Å². The van der Waals surface area contributed by atoms with Gasteiger partial charge in [-0.15, -0.1) is 0 Å². The number of alkyl halides is 3. The lowest BCUT2D eigenvalue weighted by molar-refractivity contribution is -0.137. The van der Waals surface area contributed by atoms with Gasteiger partial charge in [0.15, 0.2) is 0 Å². The Bertz CT molecular complexity index is 400. The molecule has 0 amide bonds. The molecule has 1 nitrogen and oxygen atoms in total. The van der Waals surface area contributed by atoms with Gasteiger partial charge in [0.05, 0.1) is 5.56 Å². The zero-order chi connectivity index (χ0) is 13.8. The lowest BCUT2D eigenvalue weighted by Gasteiger charge is -2.13. The molecule has 100 valence electrons. The van der Waals surface area contributed by atoms with Gasteiger partial charge in [0.25, 0.3) is 0 Å². The van der Waals surface area contributed by atoms with Crippen LogP contribution in [0.15, 0.2) is 35.9 Å². The van der Waals surface area contributed by atoms with E-state index in [1.165, 1.54) is 17.7 Å². The van der Waals surface area contributed by atoms with E-state index in [4.69, 9.17) is 0 Å². The highest BCUT2D eigenvalue weighted by Gasteiger charge is 2.29. The molecule has 1 unspecified atom stereocenters. The van der Waals surface area contributed by atoms with E-state index in [0.29, 0.717) is 6.42 Å². The van der Waals surface area contributed by atoms with E-state index >= 15 is 0 Å². The predicted octanol–water partition coefficient (Wildman–Crippen LogP) is 3.80. The Morgan fingerprint density at radius 1 is 1.22 bits per heavy atom. The van der Waals surface area contributed by atoms with Crippen molar-refractivity contribution in [2.45, 2.75) is 32.5 Å². The van der Waals surface area contributed by atoms with Crippen molar-refractivity contribution in [2.24, 2.45) is 0 Å². The highest BCUT2D eigenvalue weighted by molar-refractivity contribution is 5.26. The zero-order valence-electron chi connectivity index (χ0n) is 10.8. The fourth-order valence-electron chi connectivity index (χ4n) is 1.73. The largest absolute Gasteiger partial charge is 0.416 e. The van der Waals surface area contributed by atoms with Crippen LogP contribution in [0.4, 0.5) is 13.2 Å². The average Bonchev–Trinajstić information content (AvgIpc) is 2.27. The Labute approximate surface area is 106 Å². The third kappa shape index (κ3) is 4.53. The van der Waals surface area contributed by atoms with Crippen LogP contribution in [0.5, 0.6) is 0 Å². The summed E-state index contributed by atoms with van der Waals surface area (Å²) in [6.45, 7) is 3.99. The first kappa shape index (κ1) is 14.8. The van der Waals surface area contributed by atoms with Gasteiger partial charge in [0.2, 0.25) is 0 Å². The second-order valence-corrected chi connectivity index (χ2v) is 4.54. The monoisotopic (exact) mass is 257 g/mol. The van der Waals surface area contributed by atoms with E-state index in [1.54, 1.807) is 0 Å². The molecule has 1 rings (SSSR count). The third-order valence-electron chi connectivity index (χ3n) is 2.64. The van der Waals surface area contributed by atoms with Crippen molar-refractivity contribution in [1.82, 2.24) is 5.32 Å². The molecule has 0 aliphatic heterocycles. The molecular weight excluding hydrogens is 239 g/mol. The van der Waals surface area contributed by atoms with Crippen LogP contribution < -0.4 is 5.32 Å². The fraction of sp³-hybridized carbons (Fsp3) is 0.429. The standard InChI is InChI=1S/C14H18F3N/c1-10(2)8-13(18-3)9-11-4-6-12(7-5-11)14(15,16)17/h4-8,13,18H,9H2,1-3H3. The van der Waals surface area contributed by atoms with Gasteiger partial charge in [-0.1, -0.05) is 23.8 Å². The number of likely N-dealkylation sites (N-methyl/N-ethyl adjacent to an activating group) is 1. The first-order valence-corrected chi connectivity index (χ1v) is 5.81. The van der Waals surface area contributed by atoms with Gasteiger partial charge < -0.3 is 5.32 Å². The summed E-state index contributed by atoms with van der Waals surface area (Å²) in [6.07, 6.45) is -1.52. The Kier molecular flexibility index (Phi) is 4.96. The number of benzene rings is 1. The number of nitrogens with one attached hydrogen (secondary N) is 1. The lowest BCUT2D eigenvalue weighted by Crippen LogP contribution is -2.25. The van der Waals surface area contributed by atoms with Gasteiger partial charge in [-0.2, -0.15) is 13.2 Å². The molecule has 0 aliphatic carbocycles. The molecule has 1 N–H and O–H groups in total. The van der Waals surface area contributed by atoms with Crippen molar-refractivity contribution >= 4 is 0 Å². The molecule has 0 aliphatic rings. The van der Waals surface area contributed by atoms with Gasteiger partial charge >= 0.3 is 6.18 Å². The molecule has 1 aromatic carbocycles. The fourth-order valence-corrected chi connectivity index (χ4v) is 1.73. The summed E-state index contributed by atoms with van der Waals surface area (Å²) < 4.78 is 37.2. The van der Waals surface area contributed by atoms with Crippen molar-refractivity contribution in [3.05, 3.63) is 47.0 Å². The van der Waals surface area contributed by atoms with E-state index in [2.05, 4.69) is 11.4 Å². The molecule has 1 aromatic rings. The van der Waals surface area contributed by atoms with E-state index in [-0.39, 0.29) is 6.04 Å². The van der Waals surface area contributed by atoms with Crippen LogP contribution in [-0.4, -0.2) is 13.1 Å². The first-order valence-electron chi connectivity index (χ1n) is 5.81. The molecular formula is C14H18F3N. The van der Waals surface area contributed by atoms with Gasteiger partial charge in [-0.3, -0.25) is 0 Å². The number of allylic oxidation sites excluding steroid dienone is 1. The molecule has 0 aromatic heterocycles. The summed E-state index contributed by atoms with van der Waals surface area (Å²) in [5, 5.41) is 3.13. The Hall–Kier alpha value is -1.29. The van der Waals surface area contributed by atoms with Crippen LogP contribution >= 0.6 is 0 Å². The minimum Gasteiger partial charge on any atom is -0.313 e. The second-order valence-electron chi connectivity index (χ2n) is 4.54. The quantitative estimate of drug-likeness (QED) is 0.809. The molecule has 0 fully saturated rings. The SMILES string of the molecule is CNC(C=C(C)C)Cc1ccc(C(F)(F)F)cc1. The van der Waals surface area contributed by atoms with Crippen LogP contribution in [0.1, 0.15) is 25.0 Å². The van der Waals surface area contributed by atoms with Crippen LogP contribution in [0, 0.1) is 0 Å². The molecule has 18 heavy (non-hydrogen) atoms. The number of rotatable bonds is 4. The maximum Gasteiger partial charge on any atom is 0.416 e. The highest BCUT2D eigenvalue weighted by atomic mass is 19.4. The molecule has 0 saturated carbocycles. The Balaban J connectivity index is 2.77. The van der Waals surface area contributed by atoms with Crippen LogP contribution in [-0.2, 0) is 12.6 Å². The topological polar surface area (TPSA) is 12.0 Å². The molecule has 0 bridgehead atoms. The second kappa shape index (κ2) is 6.05. The molecule has 0 radical (unpaired) electrons. The maximum atomic E-state index is 12.4. The van der Waals surface area contributed by atoms with Gasteiger partial charge in [-0.25, -0.2) is 0 Å². The van der Waals surface area contributed by atoms with E-state index < -0.39 is 11.7 Å². The maximum absolute atomic E-state index is 12.4. The summed E-state index contributed by atoms with van der Waals surface area (Å²) in [5.41, 5.74) is 1.47. The summed E-state index contributed by atoms with van der Waals surface area (Å²) in [6, 6.07) is 5.47. The summed E-state index contributed by atoms with van der Waals surface area (Å²) in [7, 11) is 1.84.